The lowest BCUT2D eigenvalue weighted by Crippen LogP contribution is -2.38. The molecule has 23 heavy (non-hydrogen) atoms. The first-order valence-corrected chi connectivity index (χ1v) is 8.69. The van der Waals surface area contributed by atoms with Crippen molar-refractivity contribution in [3.05, 3.63) is 35.4 Å². The first-order valence-electron chi connectivity index (χ1n) is 8.69. The van der Waals surface area contributed by atoms with Gasteiger partial charge in [-0.25, -0.2) is 0 Å². The fraction of sp³-hybridized carbons (Fsp3) is 0.579. The van der Waals surface area contributed by atoms with Crippen LogP contribution in [-0.4, -0.2) is 29.8 Å². The van der Waals surface area contributed by atoms with Gasteiger partial charge in [-0.05, 0) is 36.3 Å². The number of nitrogens with one attached hydrogen (secondary N) is 1. The van der Waals surface area contributed by atoms with E-state index in [1.54, 1.807) is 0 Å². The summed E-state index contributed by atoms with van der Waals surface area (Å²) in [4.78, 5) is 26.6. The highest BCUT2D eigenvalue weighted by molar-refractivity contribution is 5.92. The minimum absolute atomic E-state index is 0.0569. The monoisotopic (exact) mass is 314 g/mol. The molecule has 1 N–H and O–H groups in total. The molecule has 0 bridgehead atoms. The summed E-state index contributed by atoms with van der Waals surface area (Å²) in [6.45, 7) is 6.46. The second kappa shape index (κ2) is 6.73. The van der Waals surface area contributed by atoms with Gasteiger partial charge in [-0.15, -0.1) is 0 Å². The van der Waals surface area contributed by atoms with E-state index >= 15 is 0 Å². The lowest BCUT2D eigenvalue weighted by molar-refractivity contribution is -0.135. The Kier molecular flexibility index (Phi) is 4.69. The van der Waals surface area contributed by atoms with Crippen molar-refractivity contribution in [1.82, 2.24) is 10.2 Å². The van der Waals surface area contributed by atoms with Gasteiger partial charge in [-0.2, -0.15) is 0 Å². The summed E-state index contributed by atoms with van der Waals surface area (Å²) in [6, 6.07) is 8.31. The van der Waals surface area contributed by atoms with Gasteiger partial charge in [0.25, 0.3) is 0 Å². The van der Waals surface area contributed by atoms with Crippen LogP contribution in [0.15, 0.2) is 24.3 Å². The Morgan fingerprint density at radius 3 is 2.70 bits per heavy atom. The Morgan fingerprint density at radius 2 is 1.96 bits per heavy atom. The average molecular weight is 314 g/mol. The van der Waals surface area contributed by atoms with Crippen LogP contribution in [-0.2, 0) is 22.6 Å². The third-order valence-electron chi connectivity index (χ3n) is 4.91. The van der Waals surface area contributed by atoms with E-state index in [1.807, 2.05) is 11.0 Å². The summed E-state index contributed by atoms with van der Waals surface area (Å²) >= 11 is 0. The maximum absolute atomic E-state index is 12.6. The maximum Gasteiger partial charge on any atom is 0.226 e. The van der Waals surface area contributed by atoms with Crippen molar-refractivity contribution in [2.24, 2.45) is 17.8 Å². The summed E-state index contributed by atoms with van der Waals surface area (Å²) < 4.78 is 0. The molecular formula is C19H26N2O2. The van der Waals surface area contributed by atoms with Gasteiger partial charge in [0.15, 0.2) is 0 Å². The molecule has 0 aromatic heterocycles. The van der Waals surface area contributed by atoms with Crippen molar-refractivity contribution >= 4 is 11.8 Å². The smallest absolute Gasteiger partial charge is 0.226 e. The molecule has 2 aliphatic rings. The third-order valence-corrected chi connectivity index (χ3v) is 4.91. The van der Waals surface area contributed by atoms with Gasteiger partial charge in [0.1, 0.15) is 0 Å². The van der Waals surface area contributed by atoms with Crippen LogP contribution < -0.4 is 5.32 Å². The van der Waals surface area contributed by atoms with Gasteiger partial charge in [-0.3, -0.25) is 9.59 Å². The first-order chi connectivity index (χ1) is 11.1. The third kappa shape index (κ3) is 3.74. The highest BCUT2D eigenvalue weighted by Gasteiger charge is 2.49. The molecule has 0 radical (unpaired) electrons. The zero-order chi connectivity index (χ0) is 16.4. The Bertz CT molecular complexity index is 597. The number of carbonyl (C=O) groups excluding carboxylic acids is 2. The molecule has 1 aromatic rings. The van der Waals surface area contributed by atoms with Crippen molar-refractivity contribution in [1.29, 1.82) is 0 Å². The van der Waals surface area contributed by atoms with Gasteiger partial charge < -0.3 is 10.2 Å². The molecule has 1 fully saturated rings. The van der Waals surface area contributed by atoms with Gasteiger partial charge in [0, 0.05) is 19.6 Å². The highest BCUT2D eigenvalue weighted by atomic mass is 16.2. The molecule has 2 atom stereocenters. The molecule has 2 unspecified atom stereocenters. The molecule has 4 heteroatoms. The van der Waals surface area contributed by atoms with Crippen LogP contribution >= 0.6 is 0 Å². The summed E-state index contributed by atoms with van der Waals surface area (Å²) in [7, 11) is 0. The number of rotatable bonds is 5. The van der Waals surface area contributed by atoms with E-state index in [4.69, 9.17) is 0 Å². The van der Waals surface area contributed by atoms with Crippen molar-refractivity contribution in [3.8, 4) is 0 Å². The summed E-state index contributed by atoms with van der Waals surface area (Å²) in [6.07, 6.45) is 2.62. The van der Waals surface area contributed by atoms with Crippen molar-refractivity contribution < 1.29 is 9.59 Å². The zero-order valence-electron chi connectivity index (χ0n) is 14.0. The second-order valence-corrected chi connectivity index (χ2v) is 7.20. The lowest BCUT2D eigenvalue weighted by atomic mass is 9.99. The SMILES string of the molecule is CC(C)CCNC(=O)C1CC1C(=O)N1CCc2ccccc2C1. The minimum atomic E-state index is -0.105. The lowest BCUT2D eigenvalue weighted by Gasteiger charge is -2.29. The van der Waals surface area contributed by atoms with Crippen LogP contribution in [0, 0.1) is 17.8 Å². The Morgan fingerprint density at radius 1 is 1.22 bits per heavy atom. The van der Waals surface area contributed by atoms with Crippen molar-refractivity contribution in [2.75, 3.05) is 13.1 Å². The number of carbonyl (C=O) groups is 2. The van der Waals surface area contributed by atoms with E-state index in [0.29, 0.717) is 25.4 Å². The molecule has 4 nitrogen and oxygen atoms in total. The topological polar surface area (TPSA) is 49.4 Å². The van der Waals surface area contributed by atoms with Gasteiger partial charge in [-0.1, -0.05) is 38.1 Å². The van der Waals surface area contributed by atoms with E-state index in [-0.39, 0.29) is 23.7 Å². The molecule has 124 valence electrons. The molecule has 1 aliphatic heterocycles. The predicted molar refractivity (Wildman–Crippen MR) is 89.6 cm³/mol. The molecule has 2 amide bonds. The van der Waals surface area contributed by atoms with Gasteiger partial charge >= 0.3 is 0 Å². The molecule has 1 heterocycles. The molecule has 0 saturated heterocycles. The van der Waals surface area contributed by atoms with Crippen LogP contribution in [0.25, 0.3) is 0 Å². The van der Waals surface area contributed by atoms with E-state index in [9.17, 15) is 9.59 Å². The second-order valence-electron chi connectivity index (χ2n) is 7.20. The normalized spacial score (nSPS) is 22.7. The molecule has 1 aliphatic carbocycles. The molecule has 1 saturated carbocycles. The zero-order valence-corrected chi connectivity index (χ0v) is 14.0. The Balaban J connectivity index is 1.50. The first kappa shape index (κ1) is 16.0. The Labute approximate surface area is 138 Å². The van der Waals surface area contributed by atoms with Crippen LogP contribution in [0.3, 0.4) is 0 Å². The van der Waals surface area contributed by atoms with E-state index in [2.05, 4.69) is 37.4 Å². The summed E-state index contributed by atoms with van der Waals surface area (Å²) in [5, 5.41) is 2.97. The molecule has 1 aromatic carbocycles. The van der Waals surface area contributed by atoms with Gasteiger partial charge in [0.05, 0.1) is 11.8 Å². The number of amides is 2. The van der Waals surface area contributed by atoms with Crippen LogP contribution in [0.5, 0.6) is 0 Å². The van der Waals surface area contributed by atoms with E-state index < -0.39 is 0 Å². The van der Waals surface area contributed by atoms with Gasteiger partial charge in [0.2, 0.25) is 11.8 Å². The summed E-state index contributed by atoms with van der Waals surface area (Å²) in [5.74, 6) is 0.594. The predicted octanol–water partition coefficient (Wildman–Crippen LogP) is 2.37. The number of hydrogen-bond acceptors (Lipinski definition) is 2. The fourth-order valence-electron chi connectivity index (χ4n) is 3.29. The molecule has 0 spiro atoms. The number of benzene rings is 1. The standard InChI is InChI=1S/C19H26N2O2/c1-13(2)7-9-20-18(22)16-11-17(16)19(23)21-10-8-14-5-3-4-6-15(14)12-21/h3-6,13,16-17H,7-12H2,1-2H3,(H,20,22). The average Bonchev–Trinajstić information content (AvgIpc) is 3.34. The number of fused-ring (bicyclic) bond motifs is 1. The van der Waals surface area contributed by atoms with Crippen LogP contribution in [0.2, 0.25) is 0 Å². The van der Waals surface area contributed by atoms with Crippen LogP contribution in [0.4, 0.5) is 0 Å². The largest absolute Gasteiger partial charge is 0.356 e. The molecular weight excluding hydrogens is 288 g/mol. The number of nitrogens with zero attached hydrogens (tertiary/aromatic N) is 1. The Hall–Kier alpha value is -1.84. The highest BCUT2D eigenvalue weighted by Crippen LogP contribution is 2.40. The van der Waals surface area contributed by atoms with E-state index in [0.717, 1.165) is 19.4 Å². The maximum atomic E-state index is 12.6. The van der Waals surface area contributed by atoms with Crippen molar-refractivity contribution in [3.63, 3.8) is 0 Å². The summed E-state index contributed by atoms with van der Waals surface area (Å²) in [5.41, 5.74) is 2.58. The quantitative estimate of drug-likeness (QED) is 0.907. The molecule has 3 rings (SSSR count). The van der Waals surface area contributed by atoms with E-state index in [1.165, 1.54) is 11.1 Å². The van der Waals surface area contributed by atoms with Crippen LogP contribution in [0.1, 0.15) is 37.8 Å². The number of hydrogen-bond donors (Lipinski definition) is 1. The fourth-order valence-corrected chi connectivity index (χ4v) is 3.29. The van der Waals surface area contributed by atoms with Crippen molar-refractivity contribution in [2.45, 2.75) is 39.7 Å². The minimum Gasteiger partial charge on any atom is -0.356 e.